The Kier molecular flexibility index (Phi) is 2.52. The van der Waals surface area contributed by atoms with Crippen molar-refractivity contribution in [1.82, 2.24) is 5.32 Å². The number of rotatable bonds is 2. The van der Waals surface area contributed by atoms with Crippen molar-refractivity contribution < 1.29 is 4.79 Å². The summed E-state index contributed by atoms with van der Waals surface area (Å²) in [6.07, 6.45) is 6.59. The number of nitrogens with one attached hydrogen (secondary N) is 1. The van der Waals surface area contributed by atoms with E-state index in [4.69, 9.17) is 5.73 Å². The van der Waals surface area contributed by atoms with Crippen LogP contribution in [-0.4, -0.2) is 17.5 Å². The summed E-state index contributed by atoms with van der Waals surface area (Å²) in [6, 6.07) is 0.0960. The molecule has 2 unspecified atom stereocenters. The monoisotopic (exact) mass is 196 g/mol. The van der Waals surface area contributed by atoms with Gasteiger partial charge in [-0.3, -0.25) is 4.79 Å². The first-order valence-corrected chi connectivity index (χ1v) is 5.68. The van der Waals surface area contributed by atoms with E-state index in [1.54, 1.807) is 0 Å². The minimum absolute atomic E-state index is 0.0763. The Labute approximate surface area is 85.4 Å². The molecule has 2 atom stereocenters. The van der Waals surface area contributed by atoms with Gasteiger partial charge in [-0.05, 0) is 39.0 Å². The van der Waals surface area contributed by atoms with Gasteiger partial charge in [0.15, 0.2) is 0 Å². The zero-order chi connectivity index (χ0) is 10.2. The second kappa shape index (κ2) is 3.54. The van der Waals surface area contributed by atoms with Crippen LogP contribution in [0.25, 0.3) is 0 Å². The summed E-state index contributed by atoms with van der Waals surface area (Å²) in [4.78, 5) is 11.9. The van der Waals surface area contributed by atoms with Crippen molar-refractivity contribution in [1.29, 1.82) is 0 Å². The fourth-order valence-corrected chi connectivity index (χ4v) is 2.54. The SMILES string of the molecule is CC1(NC(=O)C2CCCC2N)CCC1. The molecule has 0 heterocycles. The first-order valence-electron chi connectivity index (χ1n) is 5.68. The molecule has 2 rings (SSSR count). The number of amides is 1. The van der Waals surface area contributed by atoms with E-state index < -0.39 is 0 Å². The van der Waals surface area contributed by atoms with Crippen molar-refractivity contribution in [3.63, 3.8) is 0 Å². The molecule has 2 saturated carbocycles. The summed E-state index contributed by atoms with van der Waals surface area (Å²) in [6.45, 7) is 2.13. The van der Waals surface area contributed by atoms with Crippen molar-refractivity contribution in [3.8, 4) is 0 Å². The Morgan fingerprint density at radius 3 is 2.50 bits per heavy atom. The molecule has 0 spiro atoms. The van der Waals surface area contributed by atoms with E-state index >= 15 is 0 Å². The molecular formula is C11H20N2O. The molecule has 0 aromatic rings. The van der Waals surface area contributed by atoms with Gasteiger partial charge in [-0.2, -0.15) is 0 Å². The Morgan fingerprint density at radius 2 is 2.07 bits per heavy atom. The van der Waals surface area contributed by atoms with Crippen LogP contribution < -0.4 is 11.1 Å². The first-order chi connectivity index (χ1) is 6.61. The predicted octanol–water partition coefficient (Wildman–Crippen LogP) is 1.17. The highest BCUT2D eigenvalue weighted by molar-refractivity contribution is 5.80. The molecule has 2 aliphatic carbocycles. The molecule has 3 N–H and O–H groups in total. The maximum absolute atomic E-state index is 11.9. The van der Waals surface area contributed by atoms with Crippen LogP contribution in [0.3, 0.4) is 0 Å². The highest BCUT2D eigenvalue weighted by atomic mass is 16.2. The van der Waals surface area contributed by atoms with E-state index in [2.05, 4.69) is 12.2 Å². The molecule has 14 heavy (non-hydrogen) atoms. The first kappa shape index (κ1) is 9.97. The highest BCUT2D eigenvalue weighted by Gasteiger charge is 2.37. The van der Waals surface area contributed by atoms with Gasteiger partial charge in [0.25, 0.3) is 0 Å². The number of carbonyl (C=O) groups excluding carboxylic acids is 1. The highest BCUT2D eigenvalue weighted by Crippen LogP contribution is 2.32. The van der Waals surface area contributed by atoms with Gasteiger partial charge < -0.3 is 11.1 Å². The third-order valence-corrected chi connectivity index (χ3v) is 3.79. The summed E-state index contributed by atoms with van der Waals surface area (Å²) in [5.74, 6) is 0.268. The van der Waals surface area contributed by atoms with E-state index in [1.165, 1.54) is 6.42 Å². The van der Waals surface area contributed by atoms with Crippen molar-refractivity contribution in [2.75, 3.05) is 0 Å². The van der Waals surface area contributed by atoms with Gasteiger partial charge in [0.1, 0.15) is 0 Å². The molecule has 2 aliphatic rings. The fourth-order valence-electron chi connectivity index (χ4n) is 2.54. The quantitative estimate of drug-likeness (QED) is 0.696. The average molecular weight is 196 g/mol. The normalized spacial score (nSPS) is 35.0. The van der Waals surface area contributed by atoms with Gasteiger partial charge in [0.05, 0.1) is 5.92 Å². The lowest BCUT2D eigenvalue weighted by atomic mass is 9.78. The third kappa shape index (κ3) is 1.78. The van der Waals surface area contributed by atoms with E-state index in [0.717, 1.165) is 32.1 Å². The Hall–Kier alpha value is -0.570. The van der Waals surface area contributed by atoms with Gasteiger partial charge in [-0.15, -0.1) is 0 Å². The number of carbonyl (C=O) groups is 1. The molecule has 3 nitrogen and oxygen atoms in total. The molecule has 3 heteroatoms. The molecule has 0 aromatic carbocycles. The van der Waals surface area contributed by atoms with Crippen LogP contribution in [0.5, 0.6) is 0 Å². The maximum Gasteiger partial charge on any atom is 0.225 e. The van der Waals surface area contributed by atoms with Crippen LogP contribution in [0, 0.1) is 5.92 Å². The standard InChI is InChI=1S/C11H20N2O/c1-11(6-3-7-11)13-10(14)8-4-2-5-9(8)12/h8-9H,2-7,12H2,1H3,(H,13,14). The van der Waals surface area contributed by atoms with Crippen molar-refractivity contribution >= 4 is 5.91 Å². The minimum Gasteiger partial charge on any atom is -0.351 e. The van der Waals surface area contributed by atoms with E-state index in [9.17, 15) is 4.79 Å². The summed E-state index contributed by atoms with van der Waals surface area (Å²) in [5, 5.41) is 3.15. The topological polar surface area (TPSA) is 55.1 Å². The number of hydrogen-bond donors (Lipinski definition) is 2. The van der Waals surface area contributed by atoms with Gasteiger partial charge in [0.2, 0.25) is 5.91 Å². The largest absolute Gasteiger partial charge is 0.351 e. The third-order valence-electron chi connectivity index (χ3n) is 3.79. The summed E-state index contributed by atoms with van der Waals surface area (Å²) in [7, 11) is 0. The van der Waals surface area contributed by atoms with Crippen LogP contribution in [0.1, 0.15) is 45.4 Å². The molecule has 80 valence electrons. The van der Waals surface area contributed by atoms with E-state index in [0.29, 0.717) is 0 Å². The zero-order valence-corrected chi connectivity index (χ0v) is 8.88. The van der Waals surface area contributed by atoms with E-state index in [1.807, 2.05) is 0 Å². The van der Waals surface area contributed by atoms with Gasteiger partial charge in [-0.25, -0.2) is 0 Å². The average Bonchev–Trinajstić information content (AvgIpc) is 2.48. The van der Waals surface area contributed by atoms with Crippen LogP contribution in [-0.2, 0) is 4.79 Å². The van der Waals surface area contributed by atoms with Crippen LogP contribution >= 0.6 is 0 Å². The van der Waals surface area contributed by atoms with Crippen LogP contribution in [0.2, 0.25) is 0 Å². The Bertz CT molecular complexity index is 235. The lowest BCUT2D eigenvalue weighted by molar-refractivity contribution is -0.128. The second-order valence-electron chi connectivity index (χ2n) is 5.10. The van der Waals surface area contributed by atoms with Crippen LogP contribution in [0.4, 0.5) is 0 Å². The Balaban J connectivity index is 1.88. The van der Waals surface area contributed by atoms with Gasteiger partial charge in [0, 0.05) is 11.6 Å². The van der Waals surface area contributed by atoms with Gasteiger partial charge in [-0.1, -0.05) is 6.42 Å². The number of hydrogen-bond acceptors (Lipinski definition) is 2. The van der Waals surface area contributed by atoms with Crippen molar-refractivity contribution in [2.45, 2.75) is 57.0 Å². The van der Waals surface area contributed by atoms with E-state index in [-0.39, 0.29) is 23.4 Å². The van der Waals surface area contributed by atoms with Gasteiger partial charge >= 0.3 is 0 Å². The fraction of sp³-hybridized carbons (Fsp3) is 0.909. The lowest BCUT2D eigenvalue weighted by Crippen LogP contribution is -2.54. The molecule has 0 radical (unpaired) electrons. The van der Waals surface area contributed by atoms with Crippen molar-refractivity contribution in [2.24, 2.45) is 11.7 Å². The molecule has 0 aliphatic heterocycles. The molecule has 0 saturated heterocycles. The minimum atomic E-state index is 0.0763. The lowest BCUT2D eigenvalue weighted by Gasteiger charge is -2.40. The van der Waals surface area contributed by atoms with Crippen molar-refractivity contribution in [3.05, 3.63) is 0 Å². The smallest absolute Gasteiger partial charge is 0.225 e. The molecule has 1 amide bonds. The zero-order valence-electron chi connectivity index (χ0n) is 8.88. The second-order valence-corrected chi connectivity index (χ2v) is 5.10. The molecule has 0 bridgehead atoms. The Morgan fingerprint density at radius 1 is 1.36 bits per heavy atom. The number of nitrogens with two attached hydrogens (primary N) is 1. The van der Waals surface area contributed by atoms with Crippen LogP contribution in [0.15, 0.2) is 0 Å². The predicted molar refractivity (Wildman–Crippen MR) is 55.7 cm³/mol. The molecular weight excluding hydrogens is 176 g/mol. The molecule has 2 fully saturated rings. The summed E-state index contributed by atoms with van der Waals surface area (Å²) in [5.41, 5.74) is 5.98. The summed E-state index contributed by atoms with van der Waals surface area (Å²) >= 11 is 0. The molecule has 0 aromatic heterocycles. The summed E-state index contributed by atoms with van der Waals surface area (Å²) < 4.78 is 0. The maximum atomic E-state index is 11.9.